The molecular weight excluding hydrogens is 194 g/mol. The first-order valence-electron chi connectivity index (χ1n) is 4.67. The highest BCUT2D eigenvalue weighted by Gasteiger charge is 2.21. The number of allylic oxidation sites excluding steroid dienone is 1. The second-order valence-electron chi connectivity index (χ2n) is 3.23. The Kier molecular flexibility index (Phi) is 2.42. The van der Waals surface area contributed by atoms with Crippen molar-refractivity contribution < 1.29 is 5.11 Å². The average molecular weight is 207 g/mol. The minimum atomic E-state index is 0.421. The lowest BCUT2D eigenvalue weighted by molar-refractivity contribution is 0.479. The zero-order chi connectivity index (χ0) is 10.1. The van der Waals surface area contributed by atoms with Gasteiger partial charge in [0.2, 0.25) is 0 Å². The van der Waals surface area contributed by atoms with Crippen molar-refractivity contribution in [3.05, 3.63) is 35.5 Å². The molecule has 0 atom stereocenters. The number of nitrogens with zero attached hydrogens (tertiary/aromatic N) is 1. The smallest absolute Gasteiger partial charge is 0.143 e. The van der Waals surface area contributed by atoms with Crippen LogP contribution in [0.25, 0.3) is 5.76 Å². The molecule has 1 heterocycles. The highest BCUT2D eigenvalue weighted by molar-refractivity contribution is 7.97. The fraction of sp³-hybridized carbons (Fsp3) is 0.273. The van der Waals surface area contributed by atoms with Crippen LogP contribution in [-0.2, 0) is 0 Å². The molecule has 0 saturated heterocycles. The molecule has 3 heteroatoms. The summed E-state index contributed by atoms with van der Waals surface area (Å²) in [4.78, 5) is 1.12. The normalized spacial score (nSPS) is 15.7. The van der Waals surface area contributed by atoms with Gasteiger partial charge in [0.15, 0.2) is 0 Å². The van der Waals surface area contributed by atoms with Crippen LogP contribution in [0.2, 0.25) is 0 Å². The third kappa shape index (κ3) is 1.38. The van der Waals surface area contributed by atoms with E-state index in [9.17, 15) is 5.11 Å². The molecule has 0 spiro atoms. The van der Waals surface area contributed by atoms with Gasteiger partial charge in [-0.3, -0.25) is 0 Å². The fourth-order valence-corrected chi connectivity index (χ4v) is 2.66. The first-order valence-corrected chi connectivity index (χ1v) is 5.44. The van der Waals surface area contributed by atoms with Gasteiger partial charge in [-0.15, -0.1) is 0 Å². The van der Waals surface area contributed by atoms with E-state index in [1.807, 2.05) is 35.6 Å². The van der Waals surface area contributed by atoms with E-state index in [0.29, 0.717) is 5.76 Å². The number of fused-ring (bicyclic) bond motifs is 1. The van der Waals surface area contributed by atoms with E-state index in [4.69, 9.17) is 0 Å². The van der Waals surface area contributed by atoms with Crippen molar-refractivity contribution in [2.45, 2.75) is 18.2 Å². The van der Waals surface area contributed by atoms with E-state index in [2.05, 4.69) is 6.92 Å². The summed E-state index contributed by atoms with van der Waals surface area (Å²) in [6.07, 6.45) is 0.851. The Hall–Kier alpha value is -1.09. The topological polar surface area (TPSA) is 23.5 Å². The largest absolute Gasteiger partial charge is 0.505 e. The summed E-state index contributed by atoms with van der Waals surface area (Å²) in [6.45, 7) is 2.05. The van der Waals surface area contributed by atoms with Crippen LogP contribution < -0.4 is 0 Å². The Balaban J connectivity index is 2.56. The Morgan fingerprint density at radius 1 is 1.36 bits per heavy atom. The zero-order valence-corrected chi connectivity index (χ0v) is 9.14. The van der Waals surface area contributed by atoms with Crippen LogP contribution in [0.5, 0.6) is 0 Å². The molecule has 0 aliphatic carbocycles. The molecule has 0 aromatic heterocycles. The summed E-state index contributed by atoms with van der Waals surface area (Å²) in [5, 5.41) is 10.0. The number of rotatable bonds is 1. The van der Waals surface area contributed by atoms with Gasteiger partial charge in [0.1, 0.15) is 5.76 Å². The van der Waals surface area contributed by atoms with Crippen LogP contribution in [0.3, 0.4) is 0 Å². The maximum Gasteiger partial charge on any atom is 0.143 e. The summed E-state index contributed by atoms with van der Waals surface area (Å²) >= 11 is 1.66. The van der Waals surface area contributed by atoms with Crippen LogP contribution in [0.1, 0.15) is 18.9 Å². The van der Waals surface area contributed by atoms with Gasteiger partial charge in [-0.25, -0.2) is 0 Å². The molecule has 74 valence electrons. The fourth-order valence-electron chi connectivity index (χ4n) is 1.64. The standard InChI is InChI=1S/C11H13NOS/c1-3-9-11(13)8-6-4-5-7-10(8)14-12(9)2/h4-7,13H,3H2,1-2H3. The molecule has 0 bridgehead atoms. The Labute approximate surface area is 88.4 Å². The van der Waals surface area contributed by atoms with Crippen LogP contribution in [0.4, 0.5) is 0 Å². The molecule has 0 fully saturated rings. The molecule has 0 saturated carbocycles. The lowest BCUT2D eigenvalue weighted by atomic mass is 10.1. The van der Waals surface area contributed by atoms with Gasteiger partial charge in [0.25, 0.3) is 0 Å². The van der Waals surface area contributed by atoms with Gasteiger partial charge in [0.05, 0.1) is 5.70 Å². The quantitative estimate of drug-likeness (QED) is 0.715. The second kappa shape index (κ2) is 3.58. The first kappa shape index (κ1) is 9.46. The van der Waals surface area contributed by atoms with Crippen molar-refractivity contribution >= 4 is 17.7 Å². The molecule has 1 aromatic carbocycles. The monoisotopic (exact) mass is 207 g/mol. The Bertz CT molecular complexity index is 387. The summed E-state index contributed by atoms with van der Waals surface area (Å²) in [7, 11) is 1.98. The molecule has 1 aromatic rings. The average Bonchev–Trinajstić information content (AvgIpc) is 2.18. The van der Waals surface area contributed by atoms with E-state index in [0.717, 1.165) is 22.6 Å². The van der Waals surface area contributed by atoms with Gasteiger partial charge < -0.3 is 9.41 Å². The number of aliphatic hydroxyl groups excluding tert-OH is 1. The van der Waals surface area contributed by atoms with Gasteiger partial charge in [-0.1, -0.05) is 19.1 Å². The first-order chi connectivity index (χ1) is 6.74. The van der Waals surface area contributed by atoms with E-state index in [1.165, 1.54) is 0 Å². The van der Waals surface area contributed by atoms with Crippen molar-refractivity contribution in [2.24, 2.45) is 0 Å². The minimum absolute atomic E-state index is 0.421. The van der Waals surface area contributed by atoms with Crippen molar-refractivity contribution in [3.63, 3.8) is 0 Å². The van der Waals surface area contributed by atoms with Gasteiger partial charge in [-0.05, 0) is 30.5 Å². The van der Waals surface area contributed by atoms with E-state index in [1.54, 1.807) is 11.9 Å². The maximum absolute atomic E-state index is 10.0. The molecule has 1 aliphatic rings. The zero-order valence-electron chi connectivity index (χ0n) is 8.32. The molecule has 0 amide bonds. The van der Waals surface area contributed by atoms with E-state index < -0.39 is 0 Å². The molecule has 14 heavy (non-hydrogen) atoms. The summed E-state index contributed by atoms with van der Waals surface area (Å²) < 4.78 is 2.03. The predicted octanol–water partition coefficient (Wildman–Crippen LogP) is 3.28. The molecule has 2 nitrogen and oxygen atoms in total. The van der Waals surface area contributed by atoms with Gasteiger partial charge in [0, 0.05) is 17.5 Å². The highest BCUT2D eigenvalue weighted by Crippen LogP contribution is 2.39. The SMILES string of the molecule is CCC1=C(O)c2ccccc2SN1C. The second-order valence-corrected chi connectivity index (χ2v) is 4.40. The molecule has 1 aliphatic heterocycles. The number of benzene rings is 1. The number of aliphatic hydroxyl groups is 1. The number of hydrogen-bond acceptors (Lipinski definition) is 3. The molecule has 0 unspecified atom stereocenters. The van der Waals surface area contributed by atoms with Gasteiger partial charge >= 0.3 is 0 Å². The maximum atomic E-state index is 10.0. The van der Waals surface area contributed by atoms with Gasteiger partial charge in [-0.2, -0.15) is 0 Å². The lowest BCUT2D eigenvalue weighted by Crippen LogP contribution is -2.15. The Morgan fingerprint density at radius 3 is 2.79 bits per heavy atom. The Morgan fingerprint density at radius 2 is 2.07 bits per heavy atom. The highest BCUT2D eigenvalue weighted by atomic mass is 32.2. The van der Waals surface area contributed by atoms with E-state index >= 15 is 0 Å². The van der Waals surface area contributed by atoms with Crippen LogP contribution in [0, 0.1) is 0 Å². The van der Waals surface area contributed by atoms with Crippen LogP contribution in [0.15, 0.2) is 34.9 Å². The van der Waals surface area contributed by atoms with Crippen molar-refractivity contribution in [3.8, 4) is 0 Å². The number of hydrogen-bond donors (Lipinski definition) is 1. The van der Waals surface area contributed by atoms with Crippen LogP contribution in [-0.4, -0.2) is 16.5 Å². The molecule has 1 N–H and O–H groups in total. The summed E-state index contributed by atoms with van der Waals surface area (Å²) in [5.41, 5.74) is 1.95. The molecular formula is C11H13NOS. The lowest BCUT2D eigenvalue weighted by Gasteiger charge is -2.27. The third-order valence-corrected chi connectivity index (χ3v) is 3.41. The third-order valence-electron chi connectivity index (χ3n) is 2.37. The van der Waals surface area contributed by atoms with Crippen molar-refractivity contribution in [1.29, 1.82) is 0 Å². The van der Waals surface area contributed by atoms with E-state index in [-0.39, 0.29) is 0 Å². The molecule has 2 rings (SSSR count). The summed E-state index contributed by atoms with van der Waals surface area (Å²) in [6, 6.07) is 7.93. The van der Waals surface area contributed by atoms with Crippen LogP contribution >= 0.6 is 11.9 Å². The summed E-state index contributed by atoms with van der Waals surface area (Å²) in [5.74, 6) is 0.421. The van der Waals surface area contributed by atoms with Crippen molar-refractivity contribution in [2.75, 3.05) is 7.05 Å². The molecule has 0 radical (unpaired) electrons. The predicted molar refractivity (Wildman–Crippen MR) is 59.9 cm³/mol. The van der Waals surface area contributed by atoms with Crippen molar-refractivity contribution in [1.82, 2.24) is 4.31 Å². The minimum Gasteiger partial charge on any atom is -0.505 e.